The summed E-state index contributed by atoms with van der Waals surface area (Å²) in [5.41, 5.74) is 2.95. The zero-order valence-electron chi connectivity index (χ0n) is 11.0. The van der Waals surface area contributed by atoms with E-state index in [1.807, 2.05) is 12.1 Å². The van der Waals surface area contributed by atoms with Crippen molar-refractivity contribution < 1.29 is 0 Å². The van der Waals surface area contributed by atoms with Crippen LogP contribution in [-0.2, 0) is 10.8 Å². The van der Waals surface area contributed by atoms with Gasteiger partial charge in [-0.3, -0.25) is 0 Å². The summed E-state index contributed by atoms with van der Waals surface area (Å²) in [5, 5.41) is 9.24. The molecule has 0 bridgehead atoms. The van der Waals surface area contributed by atoms with Crippen molar-refractivity contribution in [3.63, 3.8) is 0 Å². The highest BCUT2D eigenvalue weighted by Gasteiger charge is 2.45. The molecule has 1 aliphatic rings. The summed E-state index contributed by atoms with van der Waals surface area (Å²) < 4.78 is 0. The van der Waals surface area contributed by atoms with Gasteiger partial charge in [0.25, 0.3) is 0 Å². The third kappa shape index (κ3) is 1.60. The van der Waals surface area contributed by atoms with E-state index in [4.69, 9.17) is 0 Å². The Morgan fingerprint density at radius 3 is 2.61 bits per heavy atom. The molecule has 0 aliphatic heterocycles. The maximum absolute atomic E-state index is 9.24. The van der Waals surface area contributed by atoms with Gasteiger partial charge in [0.05, 0.1) is 22.5 Å². The zero-order valence-corrected chi connectivity index (χ0v) is 11.0. The standard InChI is InChI=1S/C15H17N3/c1-14(2,3)13-17-11-5-4-10(8-12(11)18-13)15(9-16)6-7-15/h4-5,8H,6-7H2,1-3H3,(H,17,18). The summed E-state index contributed by atoms with van der Waals surface area (Å²) in [7, 11) is 0. The molecule has 3 rings (SSSR count). The molecule has 0 radical (unpaired) electrons. The normalized spacial score (nSPS) is 17.7. The lowest BCUT2D eigenvalue weighted by Crippen LogP contribution is -2.12. The minimum atomic E-state index is -0.221. The van der Waals surface area contributed by atoms with Crippen molar-refractivity contribution in [2.24, 2.45) is 0 Å². The molecule has 0 unspecified atom stereocenters. The van der Waals surface area contributed by atoms with Crippen molar-refractivity contribution >= 4 is 11.0 Å². The van der Waals surface area contributed by atoms with Gasteiger partial charge >= 0.3 is 0 Å². The van der Waals surface area contributed by atoms with Gasteiger partial charge in [0, 0.05) is 5.41 Å². The SMILES string of the molecule is CC(C)(C)c1nc2ccc(C3(C#N)CC3)cc2[nH]1. The van der Waals surface area contributed by atoms with Gasteiger partial charge in [0.15, 0.2) is 0 Å². The summed E-state index contributed by atoms with van der Waals surface area (Å²) in [4.78, 5) is 7.99. The van der Waals surface area contributed by atoms with Gasteiger partial charge in [-0.1, -0.05) is 26.8 Å². The monoisotopic (exact) mass is 239 g/mol. The highest BCUT2D eigenvalue weighted by Crippen LogP contribution is 2.47. The average molecular weight is 239 g/mol. The smallest absolute Gasteiger partial charge is 0.112 e. The molecule has 2 aromatic rings. The van der Waals surface area contributed by atoms with Crippen LogP contribution in [0.25, 0.3) is 11.0 Å². The fraction of sp³-hybridized carbons (Fsp3) is 0.467. The molecule has 0 saturated heterocycles. The fourth-order valence-corrected chi connectivity index (χ4v) is 2.25. The second-order valence-electron chi connectivity index (χ2n) is 6.26. The molecule has 1 heterocycles. The first-order valence-electron chi connectivity index (χ1n) is 6.37. The third-order valence-electron chi connectivity index (χ3n) is 3.71. The first-order chi connectivity index (χ1) is 8.44. The molecule has 1 aromatic carbocycles. The molecule has 0 spiro atoms. The number of nitriles is 1. The first-order valence-corrected chi connectivity index (χ1v) is 6.37. The predicted molar refractivity (Wildman–Crippen MR) is 71.3 cm³/mol. The van der Waals surface area contributed by atoms with E-state index in [1.54, 1.807) is 0 Å². The lowest BCUT2D eigenvalue weighted by Gasteiger charge is -2.13. The Bertz CT molecular complexity index is 648. The van der Waals surface area contributed by atoms with Crippen LogP contribution < -0.4 is 0 Å². The molecule has 3 nitrogen and oxygen atoms in total. The maximum Gasteiger partial charge on any atom is 0.112 e. The van der Waals surface area contributed by atoms with Gasteiger partial charge in [-0.05, 0) is 30.5 Å². The second-order valence-corrected chi connectivity index (χ2v) is 6.26. The van der Waals surface area contributed by atoms with Crippen LogP contribution in [0.4, 0.5) is 0 Å². The Hall–Kier alpha value is -1.82. The van der Waals surface area contributed by atoms with Crippen molar-refractivity contribution in [3.05, 3.63) is 29.6 Å². The van der Waals surface area contributed by atoms with E-state index in [-0.39, 0.29) is 10.8 Å². The summed E-state index contributed by atoms with van der Waals surface area (Å²) in [6, 6.07) is 8.60. The highest BCUT2D eigenvalue weighted by atomic mass is 14.9. The predicted octanol–water partition coefficient (Wildman–Crippen LogP) is 3.42. The van der Waals surface area contributed by atoms with Crippen molar-refractivity contribution in [2.45, 2.75) is 44.4 Å². The van der Waals surface area contributed by atoms with E-state index >= 15 is 0 Å². The number of aromatic nitrogens is 2. The molecule has 1 fully saturated rings. The number of benzene rings is 1. The number of rotatable bonds is 1. The van der Waals surface area contributed by atoms with E-state index in [0.29, 0.717) is 0 Å². The molecular formula is C15H17N3. The lowest BCUT2D eigenvalue weighted by molar-refractivity contribution is 0.554. The quantitative estimate of drug-likeness (QED) is 0.829. The van der Waals surface area contributed by atoms with Crippen molar-refractivity contribution in [1.29, 1.82) is 5.26 Å². The molecule has 0 atom stereocenters. The third-order valence-corrected chi connectivity index (χ3v) is 3.71. The number of imidazole rings is 1. The molecular weight excluding hydrogens is 222 g/mol. The van der Waals surface area contributed by atoms with Crippen LogP contribution >= 0.6 is 0 Å². The van der Waals surface area contributed by atoms with E-state index in [2.05, 4.69) is 42.9 Å². The Labute approximate surface area is 107 Å². The largest absolute Gasteiger partial charge is 0.342 e. The topological polar surface area (TPSA) is 52.5 Å². The number of nitrogens with zero attached hydrogens (tertiary/aromatic N) is 2. The maximum atomic E-state index is 9.24. The van der Waals surface area contributed by atoms with Crippen LogP contribution in [-0.4, -0.2) is 9.97 Å². The minimum absolute atomic E-state index is 0.0195. The summed E-state index contributed by atoms with van der Waals surface area (Å²) in [5.74, 6) is 0.997. The molecule has 1 aliphatic carbocycles. The average Bonchev–Trinajstić information content (AvgIpc) is 2.99. The highest BCUT2D eigenvalue weighted by molar-refractivity contribution is 5.77. The van der Waals surface area contributed by atoms with Gasteiger partial charge in [0.2, 0.25) is 0 Å². The molecule has 3 heteroatoms. The molecule has 92 valence electrons. The molecule has 1 saturated carbocycles. The first kappa shape index (κ1) is 11.3. The van der Waals surface area contributed by atoms with Crippen LogP contribution in [0.1, 0.15) is 45.0 Å². The molecule has 1 N–H and O–H groups in total. The number of nitrogens with one attached hydrogen (secondary N) is 1. The van der Waals surface area contributed by atoms with Crippen molar-refractivity contribution in [3.8, 4) is 6.07 Å². The van der Waals surface area contributed by atoms with Gasteiger partial charge in [-0.25, -0.2) is 4.98 Å². The van der Waals surface area contributed by atoms with E-state index in [9.17, 15) is 5.26 Å². The van der Waals surface area contributed by atoms with Gasteiger partial charge in [-0.15, -0.1) is 0 Å². The van der Waals surface area contributed by atoms with Crippen LogP contribution in [0.15, 0.2) is 18.2 Å². The van der Waals surface area contributed by atoms with Crippen LogP contribution in [0.2, 0.25) is 0 Å². The lowest BCUT2D eigenvalue weighted by atomic mass is 9.96. The van der Waals surface area contributed by atoms with Crippen LogP contribution in [0, 0.1) is 11.3 Å². The minimum Gasteiger partial charge on any atom is -0.342 e. The number of hydrogen-bond acceptors (Lipinski definition) is 2. The Morgan fingerprint density at radius 1 is 1.33 bits per heavy atom. The van der Waals surface area contributed by atoms with Gasteiger partial charge in [0.1, 0.15) is 5.82 Å². The van der Waals surface area contributed by atoms with E-state index in [1.165, 1.54) is 0 Å². The Morgan fingerprint density at radius 2 is 2.06 bits per heavy atom. The van der Waals surface area contributed by atoms with Crippen LogP contribution in [0.5, 0.6) is 0 Å². The number of H-pyrrole nitrogens is 1. The molecule has 18 heavy (non-hydrogen) atoms. The zero-order chi connectivity index (χ0) is 13.0. The summed E-state index contributed by atoms with van der Waals surface area (Å²) in [6.45, 7) is 6.43. The number of hydrogen-bond donors (Lipinski definition) is 1. The van der Waals surface area contributed by atoms with E-state index < -0.39 is 0 Å². The molecule has 1 aromatic heterocycles. The van der Waals surface area contributed by atoms with Crippen molar-refractivity contribution in [1.82, 2.24) is 9.97 Å². The Balaban J connectivity index is 2.11. The number of fused-ring (bicyclic) bond motifs is 1. The van der Waals surface area contributed by atoms with Gasteiger partial charge in [-0.2, -0.15) is 5.26 Å². The van der Waals surface area contributed by atoms with Crippen LogP contribution in [0.3, 0.4) is 0 Å². The fourth-order valence-electron chi connectivity index (χ4n) is 2.25. The number of aromatic amines is 1. The van der Waals surface area contributed by atoms with E-state index in [0.717, 1.165) is 35.3 Å². The molecule has 0 amide bonds. The van der Waals surface area contributed by atoms with Gasteiger partial charge < -0.3 is 4.98 Å². The summed E-state index contributed by atoms with van der Waals surface area (Å²) in [6.07, 6.45) is 1.96. The Kier molecular flexibility index (Phi) is 2.10. The second kappa shape index (κ2) is 3.35. The summed E-state index contributed by atoms with van der Waals surface area (Å²) >= 11 is 0. The van der Waals surface area contributed by atoms with Crippen molar-refractivity contribution in [2.75, 3.05) is 0 Å².